The van der Waals surface area contributed by atoms with E-state index in [2.05, 4.69) is 10.2 Å². The number of halogens is 2. The Hall–Kier alpha value is -2.18. The standard InChI is InChI=1S/C12H7Cl2N3O3/c13-10-5-8(17(19)20)6-11(14)12(10)16-15-7-1-3-9(18)4-2-7/h1-6,18H. The number of aromatic hydroxyl groups is 1. The summed E-state index contributed by atoms with van der Waals surface area (Å²) in [4.78, 5) is 10.0. The number of nitrogens with zero attached hydrogens (tertiary/aromatic N) is 3. The van der Waals surface area contributed by atoms with E-state index in [-0.39, 0.29) is 27.2 Å². The normalized spacial score (nSPS) is 10.9. The number of hydrogen-bond donors (Lipinski definition) is 1. The Balaban J connectivity index is 2.34. The number of phenols is 1. The molecule has 0 spiro atoms. The number of azo groups is 1. The lowest BCUT2D eigenvalue weighted by atomic mass is 10.3. The predicted molar refractivity (Wildman–Crippen MR) is 75.4 cm³/mol. The van der Waals surface area contributed by atoms with Gasteiger partial charge in [0.05, 0.1) is 20.7 Å². The van der Waals surface area contributed by atoms with E-state index in [1.54, 1.807) is 12.1 Å². The van der Waals surface area contributed by atoms with Crippen LogP contribution in [0.15, 0.2) is 46.6 Å². The van der Waals surface area contributed by atoms with Crippen LogP contribution in [0, 0.1) is 10.1 Å². The molecule has 0 heterocycles. The fourth-order valence-electron chi connectivity index (χ4n) is 1.38. The number of rotatable bonds is 3. The summed E-state index contributed by atoms with van der Waals surface area (Å²) in [6, 6.07) is 8.30. The maximum Gasteiger partial charge on any atom is 0.272 e. The highest BCUT2D eigenvalue weighted by Crippen LogP contribution is 2.37. The van der Waals surface area contributed by atoms with E-state index in [1.807, 2.05) is 0 Å². The second-order valence-electron chi connectivity index (χ2n) is 3.73. The summed E-state index contributed by atoms with van der Waals surface area (Å²) in [5, 5.41) is 27.6. The minimum Gasteiger partial charge on any atom is -0.508 e. The molecule has 20 heavy (non-hydrogen) atoms. The fourth-order valence-corrected chi connectivity index (χ4v) is 1.93. The number of phenolic OH excluding ortho intramolecular Hbond substituents is 1. The number of benzene rings is 2. The molecule has 0 bridgehead atoms. The van der Waals surface area contributed by atoms with Gasteiger partial charge in [0.1, 0.15) is 11.4 Å². The molecule has 8 heteroatoms. The van der Waals surface area contributed by atoms with Gasteiger partial charge in [-0.05, 0) is 24.3 Å². The first-order valence-corrected chi connectivity index (χ1v) is 6.07. The van der Waals surface area contributed by atoms with E-state index in [0.717, 1.165) is 12.1 Å². The molecule has 0 aromatic heterocycles. The molecule has 1 N–H and O–H groups in total. The van der Waals surface area contributed by atoms with Gasteiger partial charge in [0.2, 0.25) is 0 Å². The van der Waals surface area contributed by atoms with Gasteiger partial charge in [0, 0.05) is 12.1 Å². The van der Waals surface area contributed by atoms with Crippen molar-refractivity contribution < 1.29 is 10.0 Å². The Labute approximate surface area is 123 Å². The van der Waals surface area contributed by atoms with Crippen molar-refractivity contribution in [3.05, 3.63) is 56.6 Å². The third-order valence-electron chi connectivity index (χ3n) is 2.33. The molecule has 2 rings (SSSR count). The summed E-state index contributed by atoms with van der Waals surface area (Å²) in [7, 11) is 0. The molecule has 102 valence electrons. The van der Waals surface area contributed by atoms with Gasteiger partial charge in [-0.25, -0.2) is 0 Å². The zero-order chi connectivity index (χ0) is 14.7. The van der Waals surface area contributed by atoms with Crippen molar-refractivity contribution in [2.45, 2.75) is 0 Å². The van der Waals surface area contributed by atoms with Gasteiger partial charge in [0.25, 0.3) is 5.69 Å². The summed E-state index contributed by atoms with van der Waals surface area (Å²) in [6.45, 7) is 0. The summed E-state index contributed by atoms with van der Waals surface area (Å²) < 4.78 is 0. The number of hydrogen-bond acceptors (Lipinski definition) is 5. The Morgan fingerprint density at radius 3 is 2.10 bits per heavy atom. The first kappa shape index (κ1) is 14.2. The van der Waals surface area contributed by atoms with Crippen LogP contribution in [-0.2, 0) is 0 Å². The van der Waals surface area contributed by atoms with Crippen molar-refractivity contribution in [3.8, 4) is 5.75 Å². The molecule has 0 radical (unpaired) electrons. The van der Waals surface area contributed by atoms with Crippen LogP contribution >= 0.6 is 23.2 Å². The van der Waals surface area contributed by atoms with E-state index in [9.17, 15) is 10.1 Å². The SMILES string of the molecule is O=[N+]([O-])c1cc(Cl)c(N=Nc2ccc(O)cc2)c(Cl)c1. The monoisotopic (exact) mass is 311 g/mol. The predicted octanol–water partition coefficient (Wildman–Crippen LogP) is 5.02. The van der Waals surface area contributed by atoms with Crippen LogP contribution in [-0.4, -0.2) is 10.0 Å². The smallest absolute Gasteiger partial charge is 0.272 e. The first-order valence-electron chi connectivity index (χ1n) is 5.31. The summed E-state index contributed by atoms with van der Waals surface area (Å²) in [5.41, 5.74) is 0.406. The van der Waals surface area contributed by atoms with Crippen LogP contribution in [0.1, 0.15) is 0 Å². The van der Waals surface area contributed by atoms with E-state index < -0.39 is 4.92 Å². The summed E-state index contributed by atoms with van der Waals surface area (Å²) in [6.07, 6.45) is 0. The Morgan fingerprint density at radius 1 is 1.05 bits per heavy atom. The second-order valence-corrected chi connectivity index (χ2v) is 4.55. The molecule has 0 aliphatic heterocycles. The highest BCUT2D eigenvalue weighted by Gasteiger charge is 2.14. The van der Waals surface area contributed by atoms with Crippen LogP contribution < -0.4 is 0 Å². The van der Waals surface area contributed by atoms with Crippen molar-refractivity contribution in [2.24, 2.45) is 10.2 Å². The van der Waals surface area contributed by atoms with Crippen LogP contribution in [0.2, 0.25) is 10.0 Å². The third-order valence-corrected chi connectivity index (χ3v) is 2.90. The lowest BCUT2D eigenvalue weighted by Crippen LogP contribution is -1.87. The largest absolute Gasteiger partial charge is 0.508 e. The molecule has 0 atom stereocenters. The molecule has 0 amide bonds. The Bertz CT molecular complexity index is 664. The number of nitro benzene ring substituents is 1. The summed E-state index contributed by atoms with van der Waals surface area (Å²) in [5.74, 6) is 0.107. The van der Waals surface area contributed by atoms with Crippen LogP contribution in [0.25, 0.3) is 0 Å². The molecule has 2 aromatic rings. The van der Waals surface area contributed by atoms with Crippen molar-refractivity contribution in [1.82, 2.24) is 0 Å². The van der Waals surface area contributed by atoms with Crippen molar-refractivity contribution in [3.63, 3.8) is 0 Å². The zero-order valence-electron chi connectivity index (χ0n) is 9.83. The molecular weight excluding hydrogens is 305 g/mol. The van der Waals surface area contributed by atoms with Gasteiger partial charge in [0.15, 0.2) is 0 Å². The Kier molecular flexibility index (Phi) is 4.16. The lowest BCUT2D eigenvalue weighted by Gasteiger charge is -2.00. The first-order chi connectivity index (χ1) is 9.47. The fraction of sp³-hybridized carbons (Fsp3) is 0. The van der Waals surface area contributed by atoms with Gasteiger partial charge in [-0.2, -0.15) is 5.11 Å². The third kappa shape index (κ3) is 3.23. The molecule has 0 aliphatic carbocycles. The molecule has 0 aliphatic rings. The Morgan fingerprint density at radius 2 is 1.60 bits per heavy atom. The van der Waals surface area contributed by atoms with E-state index >= 15 is 0 Å². The van der Waals surface area contributed by atoms with Crippen LogP contribution in [0.3, 0.4) is 0 Å². The molecule has 2 aromatic carbocycles. The number of nitro groups is 1. The van der Waals surface area contributed by atoms with Crippen LogP contribution in [0.5, 0.6) is 5.75 Å². The van der Waals surface area contributed by atoms with Crippen molar-refractivity contribution >= 4 is 40.3 Å². The molecule has 0 fully saturated rings. The summed E-state index contributed by atoms with van der Waals surface area (Å²) >= 11 is 11.8. The van der Waals surface area contributed by atoms with Crippen molar-refractivity contribution in [1.29, 1.82) is 0 Å². The topological polar surface area (TPSA) is 88.1 Å². The highest BCUT2D eigenvalue weighted by atomic mass is 35.5. The quantitative estimate of drug-likeness (QED) is 0.490. The van der Waals surface area contributed by atoms with Gasteiger partial charge < -0.3 is 5.11 Å². The number of non-ortho nitro benzene ring substituents is 1. The maximum atomic E-state index is 10.6. The minimum atomic E-state index is -0.599. The lowest BCUT2D eigenvalue weighted by molar-refractivity contribution is -0.384. The van der Waals surface area contributed by atoms with Crippen molar-refractivity contribution in [2.75, 3.05) is 0 Å². The van der Waals surface area contributed by atoms with E-state index in [4.69, 9.17) is 28.3 Å². The molecule has 6 nitrogen and oxygen atoms in total. The average Bonchev–Trinajstić information content (AvgIpc) is 2.39. The highest BCUT2D eigenvalue weighted by molar-refractivity contribution is 6.39. The molecule has 0 saturated heterocycles. The van der Waals surface area contributed by atoms with E-state index in [1.165, 1.54) is 12.1 Å². The maximum absolute atomic E-state index is 10.6. The molecule has 0 unspecified atom stereocenters. The van der Waals surface area contributed by atoms with Gasteiger partial charge in [-0.3, -0.25) is 10.1 Å². The minimum absolute atomic E-state index is 0.0340. The average molecular weight is 312 g/mol. The van der Waals surface area contributed by atoms with Crippen LogP contribution in [0.4, 0.5) is 17.1 Å². The van der Waals surface area contributed by atoms with Gasteiger partial charge in [-0.1, -0.05) is 23.2 Å². The molecule has 0 saturated carbocycles. The molecular formula is C12H7Cl2N3O3. The zero-order valence-corrected chi connectivity index (χ0v) is 11.3. The van der Waals surface area contributed by atoms with Gasteiger partial charge >= 0.3 is 0 Å². The van der Waals surface area contributed by atoms with Gasteiger partial charge in [-0.15, -0.1) is 5.11 Å². The second kappa shape index (κ2) is 5.85. The van der Waals surface area contributed by atoms with E-state index in [0.29, 0.717) is 5.69 Å².